The lowest BCUT2D eigenvalue weighted by molar-refractivity contribution is 0.102. The van der Waals surface area contributed by atoms with E-state index in [1.54, 1.807) is 52.0 Å². The van der Waals surface area contributed by atoms with Crippen LogP contribution in [0.5, 0.6) is 5.75 Å². The number of phenols is 1. The quantitative estimate of drug-likeness (QED) is 0.525. The maximum absolute atomic E-state index is 13.1. The third-order valence-corrected chi connectivity index (χ3v) is 7.14. The van der Waals surface area contributed by atoms with Crippen LogP contribution in [0.15, 0.2) is 52.2 Å². The lowest BCUT2D eigenvalue weighted by Crippen LogP contribution is -2.30. The van der Waals surface area contributed by atoms with Gasteiger partial charge in [0, 0.05) is 18.5 Å². The van der Waals surface area contributed by atoms with E-state index in [1.807, 2.05) is 0 Å². The second-order valence-electron chi connectivity index (χ2n) is 7.46. The molecule has 1 aromatic heterocycles. The van der Waals surface area contributed by atoms with Crippen LogP contribution in [0.3, 0.4) is 0 Å². The average Bonchev–Trinajstić information content (AvgIpc) is 2.76. The van der Waals surface area contributed by atoms with Crippen LogP contribution in [0.4, 0.5) is 5.69 Å². The van der Waals surface area contributed by atoms with Crippen LogP contribution in [0.2, 0.25) is 0 Å². The Kier molecular flexibility index (Phi) is 6.65. The van der Waals surface area contributed by atoms with Gasteiger partial charge in [0.25, 0.3) is 11.5 Å². The highest BCUT2D eigenvalue weighted by molar-refractivity contribution is 7.89. The van der Waals surface area contributed by atoms with Gasteiger partial charge in [-0.15, -0.1) is 0 Å². The second kappa shape index (κ2) is 9.09. The van der Waals surface area contributed by atoms with Crippen molar-refractivity contribution in [2.45, 2.75) is 38.6 Å². The first-order valence-electron chi connectivity index (χ1n) is 10.3. The molecule has 0 atom stereocenters. The minimum atomic E-state index is -3.79. The number of hydrogen-bond acceptors (Lipinski definition) is 6. The summed E-state index contributed by atoms with van der Waals surface area (Å²) < 4.78 is 28.2. The number of amides is 1. The smallest absolute Gasteiger partial charge is 0.276 e. The zero-order valence-corrected chi connectivity index (χ0v) is 19.2. The molecule has 0 radical (unpaired) electrons. The second-order valence-corrected chi connectivity index (χ2v) is 9.40. The van der Waals surface area contributed by atoms with E-state index in [1.165, 1.54) is 27.2 Å². The molecule has 1 amide bonds. The van der Waals surface area contributed by atoms with Gasteiger partial charge in [-0.05, 0) is 38.1 Å². The van der Waals surface area contributed by atoms with E-state index < -0.39 is 15.9 Å². The molecule has 2 N–H and O–H groups in total. The van der Waals surface area contributed by atoms with Crippen LogP contribution in [-0.2, 0) is 10.0 Å². The minimum absolute atomic E-state index is 0.00898. The molecule has 32 heavy (non-hydrogen) atoms. The molecular formula is C22H26N4O5S. The molecule has 170 valence electrons. The Morgan fingerprint density at radius 3 is 2.34 bits per heavy atom. The third-order valence-electron chi connectivity index (χ3n) is 5.09. The number of carbonyl (C=O) groups is 1. The van der Waals surface area contributed by atoms with Crippen molar-refractivity contribution in [3.05, 3.63) is 58.5 Å². The van der Waals surface area contributed by atoms with Gasteiger partial charge < -0.3 is 10.4 Å². The lowest BCUT2D eigenvalue weighted by Gasteiger charge is -2.19. The number of nitrogens with one attached hydrogen (secondary N) is 1. The summed E-state index contributed by atoms with van der Waals surface area (Å²) in [6.07, 6.45) is 0. The summed E-state index contributed by atoms with van der Waals surface area (Å²) in [6, 6.07) is 10.0. The number of sulfonamides is 1. The Bertz CT molecular complexity index is 1330. The fourth-order valence-corrected chi connectivity index (χ4v) is 4.88. The third kappa shape index (κ3) is 4.23. The molecule has 0 saturated carbocycles. The molecular weight excluding hydrogens is 432 g/mol. The van der Waals surface area contributed by atoms with Crippen LogP contribution in [0, 0.1) is 0 Å². The zero-order valence-electron chi connectivity index (χ0n) is 18.4. The molecule has 0 aliphatic rings. The van der Waals surface area contributed by atoms with Crippen molar-refractivity contribution in [1.29, 1.82) is 0 Å². The Balaban J connectivity index is 2.08. The molecule has 0 fully saturated rings. The molecule has 0 saturated heterocycles. The van der Waals surface area contributed by atoms with Gasteiger partial charge >= 0.3 is 0 Å². The number of anilines is 1. The van der Waals surface area contributed by atoms with Crippen molar-refractivity contribution in [3.8, 4) is 5.75 Å². The van der Waals surface area contributed by atoms with Crippen LogP contribution < -0.4 is 10.9 Å². The first kappa shape index (κ1) is 23.4. The topological polar surface area (TPSA) is 122 Å². The standard InChI is InChI=1S/C22H26N4O5S/c1-5-25(6-2)32(30,31)15-11-12-19(27)18(13-15)23-21(28)20-16-9-7-8-10-17(16)22(29)26(24-20)14(3)4/h7-14,27H,5-6H2,1-4H3,(H,23,28). The summed E-state index contributed by atoms with van der Waals surface area (Å²) in [4.78, 5) is 25.7. The summed E-state index contributed by atoms with van der Waals surface area (Å²) in [6.45, 7) is 7.58. The van der Waals surface area contributed by atoms with Crippen LogP contribution >= 0.6 is 0 Å². The number of phenolic OH excluding ortho intramolecular Hbond substituents is 1. The van der Waals surface area contributed by atoms with Crippen LogP contribution in [0.1, 0.15) is 44.2 Å². The van der Waals surface area contributed by atoms with Gasteiger partial charge in [-0.2, -0.15) is 9.40 Å². The van der Waals surface area contributed by atoms with Crippen molar-refractivity contribution >= 4 is 32.4 Å². The van der Waals surface area contributed by atoms with Gasteiger partial charge in [0.2, 0.25) is 10.0 Å². The highest BCUT2D eigenvalue weighted by Gasteiger charge is 2.24. The lowest BCUT2D eigenvalue weighted by atomic mass is 10.1. The van der Waals surface area contributed by atoms with E-state index in [-0.39, 0.29) is 46.7 Å². The van der Waals surface area contributed by atoms with E-state index >= 15 is 0 Å². The van der Waals surface area contributed by atoms with Gasteiger partial charge in [-0.25, -0.2) is 13.1 Å². The summed E-state index contributed by atoms with van der Waals surface area (Å²) in [7, 11) is -3.79. The highest BCUT2D eigenvalue weighted by Crippen LogP contribution is 2.29. The molecule has 0 aliphatic carbocycles. The highest BCUT2D eigenvalue weighted by atomic mass is 32.2. The minimum Gasteiger partial charge on any atom is -0.506 e. The molecule has 0 bridgehead atoms. The Labute approximate surface area is 186 Å². The Morgan fingerprint density at radius 2 is 1.75 bits per heavy atom. The number of nitrogens with zero attached hydrogens (tertiary/aromatic N) is 3. The number of hydrogen-bond donors (Lipinski definition) is 2. The van der Waals surface area contributed by atoms with Crippen LogP contribution in [0.25, 0.3) is 10.8 Å². The number of fused-ring (bicyclic) bond motifs is 1. The molecule has 0 unspecified atom stereocenters. The predicted molar refractivity (Wildman–Crippen MR) is 123 cm³/mol. The van der Waals surface area contributed by atoms with E-state index in [4.69, 9.17) is 0 Å². The summed E-state index contributed by atoms with van der Waals surface area (Å²) in [5, 5.41) is 17.7. The first-order valence-corrected chi connectivity index (χ1v) is 11.7. The Morgan fingerprint density at radius 1 is 1.12 bits per heavy atom. The van der Waals surface area contributed by atoms with E-state index in [2.05, 4.69) is 10.4 Å². The zero-order chi connectivity index (χ0) is 23.6. The Hall–Kier alpha value is -3.24. The largest absolute Gasteiger partial charge is 0.506 e. The summed E-state index contributed by atoms with van der Waals surface area (Å²) >= 11 is 0. The van der Waals surface area contributed by atoms with Gasteiger partial charge in [-0.1, -0.05) is 32.0 Å². The van der Waals surface area contributed by atoms with Gasteiger partial charge in [0.15, 0.2) is 5.69 Å². The van der Waals surface area contributed by atoms with E-state index in [0.717, 1.165) is 0 Å². The summed E-state index contributed by atoms with van der Waals surface area (Å²) in [5.41, 5.74) is -0.399. The van der Waals surface area contributed by atoms with E-state index in [9.17, 15) is 23.1 Å². The molecule has 0 spiro atoms. The molecule has 3 aromatic rings. The number of benzene rings is 2. The van der Waals surface area contributed by atoms with Crippen molar-refractivity contribution in [2.75, 3.05) is 18.4 Å². The van der Waals surface area contributed by atoms with Gasteiger partial charge in [-0.3, -0.25) is 9.59 Å². The SMILES string of the molecule is CCN(CC)S(=O)(=O)c1ccc(O)c(NC(=O)c2nn(C(C)C)c(=O)c3ccccc23)c1. The fraction of sp³-hybridized carbons (Fsp3) is 0.318. The normalized spacial score (nSPS) is 11.9. The maximum atomic E-state index is 13.1. The van der Waals surface area contributed by atoms with Crippen LogP contribution in [-0.4, -0.2) is 46.6 Å². The van der Waals surface area contributed by atoms with Crippen molar-refractivity contribution in [2.24, 2.45) is 0 Å². The fourth-order valence-electron chi connectivity index (χ4n) is 3.39. The van der Waals surface area contributed by atoms with Gasteiger partial charge in [0.1, 0.15) is 5.75 Å². The number of aromatic hydroxyl groups is 1. The number of rotatable bonds is 7. The molecule has 9 nitrogen and oxygen atoms in total. The van der Waals surface area contributed by atoms with E-state index in [0.29, 0.717) is 10.8 Å². The first-order chi connectivity index (χ1) is 15.1. The monoisotopic (exact) mass is 458 g/mol. The molecule has 2 aromatic carbocycles. The molecule has 0 aliphatic heterocycles. The van der Waals surface area contributed by atoms with Crippen molar-refractivity contribution in [3.63, 3.8) is 0 Å². The predicted octanol–water partition coefficient (Wildman–Crippen LogP) is 2.97. The maximum Gasteiger partial charge on any atom is 0.276 e. The summed E-state index contributed by atoms with van der Waals surface area (Å²) in [5.74, 6) is -0.971. The average molecular weight is 459 g/mol. The molecule has 3 rings (SSSR count). The van der Waals surface area contributed by atoms with Gasteiger partial charge in [0.05, 0.1) is 22.0 Å². The molecule has 10 heteroatoms. The van der Waals surface area contributed by atoms with Crippen molar-refractivity contribution < 1.29 is 18.3 Å². The number of carbonyl (C=O) groups excluding carboxylic acids is 1. The molecule has 1 heterocycles. The van der Waals surface area contributed by atoms with Crippen molar-refractivity contribution in [1.82, 2.24) is 14.1 Å². The number of aromatic nitrogens is 2.